The first-order valence-electron chi connectivity index (χ1n) is 6.46. The zero-order chi connectivity index (χ0) is 11.4. The molecule has 0 spiro atoms. The topological polar surface area (TPSA) is 58.7 Å². The van der Waals surface area contributed by atoms with E-state index >= 15 is 0 Å². The summed E-state index contributed by atoms with van der Waals surface area (Å²) in [4.78, 5) is 2.45. The Morgan fingerprint density at radius 1 is 1.38 bits per heavy atom. The van der Waals surface area contributed by atoms with Gasteiger partial charge >= 0.3 is 0 Å². The third-order valence-electron chi connectivity index (χ3n) is 3.89. The molecule has 4 nitrogen and oxygen atoms in total. The number of aliphatic hydroxyl groups excluding tert-OH is 1. The van der Waals surface area contributed by atoms with E-state index in [1.807, 2.05) is 0 Å². The van der Waals surface area contributed by atoms with Gasteiger partial charge in [0.05, 0.1) is 6.61 Å². The molecule has 2 fully saturated rings. The maximum absolute atomic E-state index is 9.19. The molecule has 16 heavy (non-hydrogen) atoms. The largest absolute Gasteiger partial charge is 0.396 e. The molecule has 2 aliphatic heterocycles. The second-order valence-corrected chi connectivity index (χ2v) is 5.24. The zero-order valence-electron chi connectivity index (χ0n) is 9.98. The molecule has 0 bridgehead atoms. The molecule has 2 saturated heterocycles. The van der Waals surface area contributed by atoms with Gasteiger partial charge in [-0.2, -0.15) is 0 Å². The van der Waals surface area contributed by atoms with Gasteiger partial charge < -0.3 is 20.5 Å². The smallest absolute Gasteiger partial charge is 0.0521 e. The van der Waals surface area contributed by atoms with E-state index in [4.69, 9.17) is 10.5 Å². The Morgan fingerprint density at radius 2 is 2.25 bits per heavy atom. The van der Waals surface area contributed by atoms with Gasteiger partial charge in [-0.25, -0.2) is 0 Å². The Balaban J connectivity index is 1.79. The summed E-state index contributed by atoms with van der Waals surface area (Å²) in [6, 6.07) is 0.295. The predicted molar refractivity (Wildman–Crippen MR) is 63.2 cm³/mol. The molecule has 2 rings (SSSR count). The SMILES string of the molecule is NC1CCOCC1CN1CCCC(CO)C1. The number of hydrogen-bond acceptors (Lipinski definition) is 4. The second kappa shape index (κ2) is 5.96. The lowest BCUT2D eigenvalue weighted by Crippen LogP contribution is -2.47. The molecule has 0 amide bonds. The van der Waals surface area contributed by atoms with Crippen LogP contribution in [-0.4, -0.2) is 55.5 Å². The van der Waals surface area contributed by atoms with E-state index in [1.54, 1.807) is 0 Å². The van der Waals surface area contributed by atoms with Gasteiger partial charge in [-0.3, -0.25) is 0 Å². The van der Waals surface area contributed by atoms with E-state index in [2.05, 4.69) is 4.90 Å². The van der Waals surface area contributed by atoms with Crippen molar-refractivity contribution in [1.29, 1.82) is 0 Å². The summed E-state index contributed by atoms with van der Waals surface area (Å²) in [5.74, 6) is 0.945. The second-order valence-electron chi connectivity index (χ2n) is 5.24. The van der Waals surface area contributed by atoms with Crippen molar-refractivity contribution in [1.82, 2.24) is 4.90 Å². The van der Waals surface area contributed by atoms with Crippen LogP contribution in [0.3, 0.4) is 0 Å². The maximum Gasteiger partial charge on any atom is 0.0521 e. The Hall–Kier alpha value is -0.160. The van der Waals surface area contributed by atoms with Crippen LogP contribution in [0.25, 0.3) is 0 Å². The molecule has 0 saturated carbocycles. The molecule has 0 aromatic rings. The van der Waals surface area contributed by atoms with Crippen molar-refractivity contribution in [3.8, 4) is 0 Å². The van der Waals surface area contributed by atoms with Gasteiger partial charge in [-0.05, 0) is 31.7 Å². The minimum Gasteiger partial charge on any atom is -0.396 e. The number of hydrogen-bond donors (Lipinski definition) is 2. The molecule has 0 radical (unpaired) electrons. The average Bonchev–Trinajstić information content (AvgIpc) is 2.32. The van der Waals surface area contributed by atoms with Crippen molar-refractivity contribution in [2.24, 2.45) is 17.6 Å². The fraction of sp³-hybridized carbons (Fsp3) is 1.00. The van der Waals surface area contributed by atoms with E-state index in [1.165, 1.54) is 12.8 Å². The van der Waals surface area contributed by atoms with Crippen LogP contribution in [-0.2, 0) is 4.74 Å². The quantitative estimate of drug-likeness (QED) is 0.717. The summed E-state index contributed by atoms with van der Waals surface area (Å²) in [5.41, 5.74) is 6.11. The molecule has 94 valence electrons. The Bertz CT molecular complexity index is 213. The molecule has 3 N–H and O–H groups in total. The highest BCUT2D eigenvalue weighted by molar-refractivity contribution is 4.81. The summed E-state index contributed by atoms with van der Waals surface area (Å²) in [6.07, 6.45) is 3.36. The lowest BCUT2D eigenvalue weighted by atomic mass is 9.93. The van der Waals surface area contributed by atoms with Crippen LogP contribution in [0.2, 0.25) is 0 Å². The molecule has 4 heteroatoms. The molecule has 2 aliphatic rings. The van der Waals surface area contributed by atoms with E-state index in [9.17, 15) is 5.11 Å². The number of rotatable bonds is 3. The van der Waals surface area contributed by atoms with Gasteiger partial charge in [0.1, 0.15) is 0 Å². The van der Waals surface area contributed by atoms with Crippen molar-refractivity contribution >= 4 is 0 Å². The fourth-order valence-electron chi connectivity index (χ4n) is 2.80. The molecular formula is C12H24N2O2. The zero-order valence-corrected chi connectivity index (χ0v) is 9.98. The minimum absolute atomic E-state index is 0.295. The van der Waals surface area contributed by atoms with Gasteiger partial charge in [-0.15, -0.1) is 0 Å². The van der Waals surface area contributed by atoms with Crippen molar-refractivity contribution in [3.05, 3.63) is 0 Å². The van der Waals surface area contributed by atoms with Gasteiger partial charge in [0.25, 0.3) is 0 Å². The summed E-state index contributed by atoms with van der Waals surface area (Å²) >= 11 is 0. The van der Waals surface area contributed by atoms with E-state index in [0.29, 0.717) is 24.5 Å². The number of aliphatic hydroxyl groups is 1. The van der Waals surface area contributed by atoms with E-state index < -0.39 is 0 Å². The van der Waals surface area contributed by atoms with Gasteiger partial charge in [0.15, 0.2) is 0 Å². The average molecular weight is 228 g/mol. The Labute approximate surface area is 97.7 Å². The first-order chi connectivity index (χ1) is 7.79. The number of nitrogens with two attached hydrogens (primary N) is 1. The molecule has 3 atom stereocenters. The van der Waals surface area contributed by atoms with Crippen molar-refractivity contribution in [2.45, 2.75) is 25.3 Å². The Kier molecular flexibility index (Phi) is 4.58. The van der Waals surface area contributed by atoms with E-state index in [0.717, 1.165) is 39.3 Å². The first-order valence-corrected chi connectivity index (χ1v) is 6.46. The Morgan fingerprint density at radius 3 is 3.00 bits per heavy atom. The van der Waals surface area contributed by atoms with Crippen molar-refractivity contribution in [2.75, 3.05) is 39.5 Å². The lowest BCUT2D eigenvalue weighted by Gasteiger charge is -2.37. The third-order valence-corrected chi connectivity index (χ3v) is 3.89. The number of ether oxygens (including phenoxy) is 1. The number of nitrogens with zero attached hydrogens (tertiary/aromatic N) is 1. The van der Waals surface area contributed by atoms with Gasteiger partial charge in [0.2, 0.25) is 0 Å². The molecule has 2 heterocycles. The molecule has 3 unspecified atom stereocenters. The lowest BCUT2D eigenvalue weighted by molar-refractivity contribution is 0.0162. The summed E-state index contributed by atoms with van der Waals surface area (Å²) < 4.78 is 5.49. The van der Waals surface area contributed by atoms with Crippen LogP contribution in [0.1, 0.15) is 19.3 Å². The van der Waals surface area contributed by atoms with Gasteiger partial charge in [0, 0.05) is 38.3 Å². The molecular weight excluding hydrogens is 204 g/mol. The van der Waals surface area contributed by atoms with Crippen LogP contribution in [0.4, 0.5) is 0 Å². The van der Waals surface area contributed by atoms with Crippen molar-refractivity contribution in [3.63, 3.8) is 0 Å². The summed E-state index contributed by atoms with van der Waals surface area (Å²) in [5, 5.41) is 9.19. The highest BCUT2D eigenvalue weighted by atomic mass is 16.5. The highest BCUT2D eigenvalue weighted by Gasteiger charge is 2.27. The summed E-state index contributed by atoms with van der Waals surface area (Å²) in [7, 11) is 0. The normalized spacial score (nSPS) is 37.5. The number of piperidine rings is 1. The van der Waals surface area contributed by atoms with Crippen LogP contribution >= 0.6 is 0 Å². The third kappa shape index (κ3) is 3.17. The first kappa shape index (κ1) is 12.3. The van der Waals surface area contributed by atoms with Crippen LogP contribution in [0.15, 0.2) is 0 Å². The van der Waals surface area contributed by atoms with Gasteiger partial charge in [-0.1, -0.05) is 0 Å². The summed E-state index contributed by atoms with van der Waals surface area (Å²) in [6.45, 7) is 5.17. The predicted octanol–water partition coefficient (Wildman–Crippen LogP) is 0.0545. The van der Waals surface area contributed by atoms with Crippen molar-refractivity contribution < 1.29 is 9.84 Å². The molecule has 0 aromatic heterocycles. The molecule has 0 aromatic carbocycles. The fourth-order valence-corrected chi connectivity index (χ4v) is 2.80. The maximum atomic E-state index is 9.19. The van der Waals surface area contributed by atoms with Crippen LogP contribution < -0.4 is 5.73 Å². The molecule has 0 aliphatic carbocycles. The standard InChI is InChI=1S/C12H24N2O2/c13-12-3-5-16-9-11(12)7-14-4-1-2-10(6-14)8-15/h10-12,15H,1-9,13H2. The highest BCUT2D eigenvalue weighted by Crippen LogP contribution is 2.20. The van der Waals surface area contributed by atoms with Crippen LogP contribution in [0.5, 0.6) is 0 Å². The minimum atomic E-state index is 0.295. The number of likely N-dealkylation sites (tertiary alicyclic amines) is 1. The van der Waals surface area contributed by atoms with E-state index in [-0.39, 0.29) is 0 Å². The monoisotopic (exact) mass is 228 g/mol. The van der Waals surface area contributed by atoms with Crippen LogP contribution in [0, 0.1) is 11.8 Å².